The van der Waals surface area contributed by atoms with Crippen molar-refractivity contribution in [2.24, 2.45) is 7.05 Å². The first-order valence-corrected chi connectivity index (χ1v) is 10.2. The number of amides is 1. The van der Waals surface area contributed by atoms with Gasteiger partial charge in [-0.15, -0.1) is 0 Å². The van der Waals surface area contributed by atoms with Gasteiger partial charge in [-0.2, -0.15) is 0 Å². The Morgan fingerprint density at radius 1 is 1.24 bits per heavy atom. The quantitative estimate of drug-likeness (QED) is 0.405. The van der Waals surface area contributed by atoms with E-state index < -0.39 is 0 Å². The second-order valence-corrected chi connectivity index (χ2v) is 7.68. The van der Waals surface area contributed by atoms with Gasteiger partial charge in [0.2, 0.25) is 0 Å². The number of rotatable bonds is 7. The molecular formula is C20H22N6O2S. The van der Waals surface area contributed by atoms with Gasteiger partial charge < -0.3 is 20.3 Å². The highest BCUT2D eigenvalue weighted by Gasteiger charge is 2.17. The lowest BCUT2D eigenvalue weighted by Crippen LogP contribution is -2.24. The highest BCUT2D eigenvalue weighted by Crippen LogP contribution is 2.35. The van der Waals surface area contributed by atoms with Crippen LogP contribution in [-0.4, -0.2) is 50.7 Å². The number of aliphatic hydroxyl groups is 1. The minimum absolute atomic E-state index is 0.129. The summed E-state index contributed by atoms with van der Waals surface area (Å²) in [5.41, 5.74) is 3.98. The lowest BCUT2D eigenvalue weighted by atomic mass is 10.1. The van der Waals surface area contributed by atoms with Crippen molar-refractivity contribution in [3.63, 3.8) is 0 Å². The minimum Gasteiger partial charge on any atom is -0.396 e. The standard InChI is InChI=1S/C20H22N6O2S/c1-21-17-14-16(26(2)11-23-14)15-20(25-17)29-19(24-15)13-7-5-6-12(10-13)18(28)22-8-3-4-9-27/h5-7,10-11,27H,3-4,8-9H2,1-2H3,(H,21,25)(H,22,28). The molecule has 0 unspecified atom stereocenters. The normalized spacial score (nSPS) is 11.3. The third kappa shape index (κ3) is 3.66. The van der Waals surface area contributed by atoms with Crippen molar-refractivity contribution in [2.45, 2.75) is 12.8 Å². The van der Waals surface area contributed by atoms with Crippen LogP contribution in [0.4, 0.5) is 5.82 Å². The highest BCUT2D eigenvalue weighted by molar-refractivity contribution is 7.21. The predicted octanol–water partition coefficient (Wildman–Crippen LogP) is 2.79. The van der Waals surface area contributed by atoms with Gasteiger partial charge >= 0.3 is 0 Å². The lowest BCUT2D eigenvalue weighted by Gasteiger charge is -2.05. The zero-order valence-electron chi connectivity index (χ0n) is 16.3. The Kier molecular flexibility index (Phi) is 5.41. The van der Waals surface area contributed by atoms with E-state index in [1.165, 1.54) is 11.3 Å². The second kappa shape index (κ2) is 8.14. The molecular weight excluding hydrogens is 388 g/mol. The van der Waals surface area contributed by atoms with Gasteiger partial charge in [-0.3, -0.25) is 4.79 Å². The van der Waals surface area contributed by atoms with Crippen molar-refractivity contribution < 1.29 is 9.90 Å². The molecule has 0 radical (unpaired) electrons. The molecule has 0 saturated carbocycles. The zero-order valence-corrected chi connectivity index (χ0v) is 17.1. The van der Waals surface area contributed by atoms with E-state index in [2.05, 4.69) is 20.6 Å². The first kappa shape index (κ1) is 19.3. The average molecular weight is 411 g/mol. The van der Waals surface area contributed by atoms with E-state index in [4.69, 9.17) is 10.1 Å². The molecule has 3 aromatic heterocycles. The second-order valence-electron chi connectivity index (χ2n) is 6.70. The van der Waals surface area contributed by atoms with Crippen LogP contribution >= 0.6 is 11.3 Å². The van der Waals surface area contributed by atoms with Crippen molar-refractivity contribution in [3.05, 3.63) is 36.2 Å². The van der Waals surface area contributed by atoms with E-state index in [1.54, 1.807) is 12.4 Å². The molecule has 0 aliphatic carbocycles. The van der Waals surface area contributed by atoms with Crippen molar-refractivity contribution in [3.8, 4) is 10.6 Å². The number of aliphatic hydroxyl groups excluding tert-OH is 1. The number of aromatic nitrogens is 4. The van der Waals surface area contributed by atoms with Crippen LogP contribution in [0.15, 0.2) is 30.6 Å². The number of thiazole rings is 1. The maximum absolute atomic E-state index is 12.4. The topological polar surface area (TPSA) is 105 Å². The Hall–Kier alpha value is -3.04. The third-order valence-electron chi connectivity index (χ3n) is 4.69. The molecule has 9 heteroatoms. The van der Waals surface area contributed by atoms with E-state index in [1.807, 2.05) is 36.9 Å². The number of hydrogen-bond donors (Lipinski definition) is 3. The van der Waals surface area contributed by atoms with Crippen LogP contribution in [0.1, 0.15) is 23.2 Å². The van der Waals surface area contributed by atoms with Crippen LogP contribution < -0.4 is 10.6 Å². The maximum Gasteiger partial charge on any atom is 0.251 e. The molecule has 8 nitrogen and oxygen atoms in total. The lowest BCUT2D eigenvalue weighted by molar-refractivity contribution is 0.0952. The first-order valence-electron chi connectivity index (χ1n) is 9.41. The summed E-state index contributed by atoms with van der Waals surface area (Å²) in [6.07, 6.45) is 3.18. The molecule has 3 heterocycles. The monoisotopic (exact) mass is 410 g/mol. The van der Waals surface area contributed by atoms with Crippen molar-refractivity contribution in [1.82, 2.24) is 24.8 Å². The number of imidazole rings is 1. The molecule has 1 aromatic carbocycles. The van der Waals surface area contributed by atoms with E-state index in [9.17, 15) is 4.79 Å². The average Bonchev–Trinajstić information content (AvgIpc) is 3.34. The number of hydrogen-bond acceptors (Lipinski definition) is 7. The fraction of sp³-hybridized carbons (Fsp3) is 0.300. The predicted molar refractivity (Wildman–Crippen MR) is 115 cm³/mol. The fourth-order valence-electron chi connectivity index (χ4n) is 3.21. The molecule has 0 bridgehead atoms. The Bertz CT molecular complexity index is 1180. The van der Waals surface area contributed by atoms with E-state index >= 15 is 0 Å². The van der Waals surface area contributed by atoms with Gasteiger partial charge in [-0.1, -0.05) is 23.5 Å². The van der Waals surface area contributed by atoms with E-state index in [0.29, 0.717) is 18.5 Å². The molecule has 1 amide bonds. The highest BCUT2D eigenvalue weighted by atomic mass is 32.1. The Labute approximate surface area is 171 Å². The van der Waals surface area contributed by atoms with Gasteiger partial charge in [-0.05, 0) is 25.0 Å². The third-order valence-corrected chi connectivity index (χ3v) is 5.69. The summed E-state index contributed by atoms with van der Waals surface area (Å²) in [6.45, 7) is 0.677. The number of unbranched alkanes of at least 4 members (excludes halogenated alkanes) is 1. The Morgan fingerprint density at radius 3 is 2.90 bits per heavy atom. The van der Waals surface area contributed by atoms with Gasteiger partial charge in [0.1, 0.15) is 26.4 Å². The number of anilines is 1. The van der Waals surface area contributed by atoms with Gasteiger partial charge in [0.05, 0.1) is 6.33 Å². The molecule has 0 aliphatic heterocycles. The number of pyridine rings is 1. The van der Waals surface area contributed by atoms with Crippen LogP contribution in [-0.2, 0) is 7.05 Å². The first-order chi connectivity index (χ1) is 14.1. The number of aryl methyl sites for hydroxylation is 1. The van der Waals surface area contributed by atoms with Gasteiger partial charge in [0.15, 0.2) is 5.82 Å². The molecule has 0 atom stereocenters. The van der Waals surface area contributed by atoms with Crippen molar-refractivity contribution >= 4 is 44.4 Å². The van der Waals surface area contributed by atoms with E-state index in [0.717, 1.165) is 44.2 Å². The van der Waals surface area contributed by atoms with Gasteiger partial charge in [-0.25, -0.2) is 15.0 Å². The van der Waals surface area contributed by atoms with Crippen molar-refractivity contribution in [1.29, 1.82) is 0 Å². The summed E-state index contributed by atoms with van der Waals surface area (Å²) in [5.74, 6) is 0.592. The smallest absolute Gasteiger partial charge is 0.251 e. The van der Waals surface area contributed by atoms with Crippen LogP contribution in [0.25, 0.3) is 32.0 Å². The molecule has 4 aromatic rings. The van der Waals surface area contributed by atoms with Gasteiger partial charge in [0, 0.05) is 38.4 Å². The Morgan fingerprint density at radius 2 is 2.10 bits per heavy atom. The van der Waals surface area contributed by atoms with Crippen LogP contribution in [0.3, 0.4) is 0 Å². The summed E-state index contributed by atoms with van der Waals surface area (Å²) in [5, 5.41) is 15.6. The van der Waals surface area contributed by atoms with Gasteiger partial charge in [0.25, 0.3) is 5.91 Å². The molecule has 0 fully saturated rings. The molecule has 29 heavy (non-hydrogen) atoms. The molecule has 0 spiro atoms. The minimum atomic E-state index is -0.129. The number of fused-ring (bicyclic) bond motifs is 3. The summed E-state index contributed by atoms with van der Waals surface area (Å²) in [4.78, 5) is 27.1. The molecule has 4 rings (SSSR count). The number of benzene rings is 1. The van der Waals surface area contributed by atoms with E-state index in [-0.39, 0.29) is 12.5 Å². The molecule has 150 valence electrons. The number of carbonyl (C=O) groups is 1. The zero-order chi connectivity index (χ0) is 20.4. The van der Waals surface area contributed by atoms with Crippen molar-refractivity contribution in [2.75, 3.05) is 25.5 Å². The SMILES string of the molecule is CNc1nc2sc(-c3cccc(C(=O)NCCCCO)c3)nc2c2c1ncn2C. The van der Waals surface area contributed by atoms with Crippen LogP contribution in [0.2, 0.25) is 0 Å². The molecule has 0 saturated heterocycles. The number of carbonyl (C=O) groups excluding carboxylic acids is 1. The Balaban J connectivity index is 1.69. The summed E-state index contributed by atoms with van der Waals surface area (Å²) >= 11 is 1.49. The van der Waals surface area contributed by atoms with Crippen LogP contribution in [0, 0.1) is 0 Å². The summed E-state index contributed by atoms with van der Waals surface area (Å²) in [6, 6.07) is 7.43. The largest absolute Gasteiger partial charge is 0.396 e. The number of nitrogens with zero attached hydrogens (tertiary/aromatic N) is 4. The van der Waals surface area contributed by atoms with Crippen LogP contribution in [0.5, 0.6) is 0 Å². The summed E-state index contributed by atoms with van der Waals surface area (Å²) < 4.78 is 1.94. The fourth-order valence-corrected chi connectivity index (χ4v) is 4.15. The molecule has 3 N–H and O–H groups in total. The maximum atomic E-state index is 12.4. The summed E-state index contributed by atoms with van der Waals surface area (Å²) in [7, 11) is 3.77. The molecule has 0 aliphatic rings. The number of nitrogens with one attached hydrogen (secondary N) is 2.